The highest BCUT2D eigenvalue weighted by molar-refractivity contribution is 5.52. The first-order chi connectivity index (χ1) is 8.40. The summed E-state index contributed by atoms with van der Waals surface area (Å²) in [6.45, 7) is 3.53. The maximum absolute atomic E-state index is 12.6. The van der Waals surface area contributed by atoms with E-state index in [4.69, 9.17) is 5.73 Å². The molecule has 0 saturated heterocycles. The van der Waals surface area contributed by atoms with Crippen molar-refractivity contribution in [1.82, 2.24) is 9.55 Å². The Balaban J connectivity index is 2.51. The van der Waals surface area contributed by atoms with Gasteiger partial charge in [-0.05, 0) is 24.3 Å². The second-order valence-electron chi connectivity index (χ2n) is 3.72. The third-order valence-corrected chi connectivity index (χ3v) is 2.38. The van der Waals surface area contributed by atoms with Crippen LogP contribution in [0.25, 0.3) is 11.8 Å². The molecule has 6 heteroatoms. The number of hydrogen-bond donors (Lipinski definition) is 1. The number of nitrogens with two attached hydrogens (primary N) is 1. The topological polar surface area (TPSA) is 43.8 Å². The summed E-state index contributed by atoms with van der Waals surface area (Å²) < 4.78 is 39.4. The first kappa shape index (κ1) is 12.2. The molecule has 0 radical (unpaired) electrons. The number of anilines is 1. The zero-order chi connectivity index (χ0) is 13.3. The van der Waals surface area contributed by atoms with Gasteiger partial charge in [0.1, 0.15) is 0 Å². The zero-order valence-electron chi connectivity index (χ0n) is 9.28. The van der Waals surface area contributed by atoms with Crippen molar-refractivity contribution in [3.63, 3.8) is 0 Å². The van der Waals surface area contributed by atoms with Crippen LogP contribution in [0.4, 0.5) is 18.9 Å². The largest absolute Gasteiger partial charge is 0.416 e. The number of nitrogens with zero attached hydrogens (tertiary/aromatic N) is 2. The lowest BCUT2D eigenvalue weighted by molar-refractivity contribution is -0.137. The fourth-order valence-corrected chi connectivity index (χ4v) is 1.53. The Morgan fingerprint density at radius 1 is 1.28 bits per heavy atom. The van der Waals surface area contributed by atoms with Gasteiger partial charge in [0.25, 0.3) is 0 Å². The number of hydrogen-bond acceptors (Lipinski definition) is 2. The molecule has 0 atom stereocenters. The molecule has 0 unspecified atom stereocenters. The van der Waals surface area contributed by atoms with Crippen molar-refractivity contribution in [3.05, 3.63) is 48.6 Å². The predicted molar refractivity (Wildman–Crippen MR) is 63.1 cm³/mol. The molecule has 2 N–H and O–H groups in total. The number of imidazole rings is 1. The second-order valence-corrected chi connectivity index (χ2v) is 3.72. The average molecular weight is 253 g/mol. The molecule has 18 heavy (non-hydrogen) atoms. The minimum Gasteiger partial charge on any atom is -0.399 e. The summed E-state index contributed by atoms with van der Waals surface area (Å²) in [5.41, 5.74) is 5.63. The van der Waals surface area contributed by atoms with Crippen molar-refractivity contribution in [2.24, 2.45) is 0 Å². The van der Waals surface area contributed by atoms with Crippen LogP contribution in [-0.2, 0) is 6.18 Å². The van der Waals surface area contributed by atoms with Gasteiger partial charge in [-0.3, -0.25) is 0 Å². The lowest BCUT2D eigenvalue weighted by atomic mass is 10.1. The van der Waals surface area contributed by atoms with Gasteiger partial charge in [-0.15, -0.1) is 0 Å². The van der Waals surface area contributed by atoms with E-state index in [2.05, 4.69) is 11.6 Å². The molecular weight excluding hydrogens is 243 g/mol. The fourth-order valence-electron chi connectivity index (χ4n) is 1.53. The van der Waals surface area contributed by atoms with E-state index in [1.54, 1.807) is 6.20 Å². The first-order valence-corrected chi connectivity index (χ1v) is 5.05. The standard InChI is InChI=1S/C12H10F3N3/c1-2-10-6-18(7-17-10)11-4-8(12(13,14)15)3-9(16)5-11/h2-7H,1,16H2. The number of halogens is 3. The number of aromatic nitrogens is 2. The predicted octanol–water partition coefficient (Wildman–Crippen LogP) is 3.12. The van der Waals surface area contributed by atoms with Crippen LogP contribution in [0.15, 0.2) is 37.3 Å². The van der Waals surface area contributed by atoms with E-state index in [9.17, 15) is 13.2 Å². The van der Waals surface area contributed by atoms with Crippen molar-refractivity contribution < 1.29 is 13.2 Å². The van der Waals surface area contributed by atoms with Crippen LogP contribution in [0.2, 0.25) is 0 Å². The lowest BCUT2D eigenvalue weighted by Crippen LogP contribution is -2.07. The van der Waals surface area contributed by atoms with E-state index in [-0.39, 0.29) is 5.69 Å². The highest BCUT2D eigenvalue weighted by Crippen LogP contribution is 2.32. The molecule has 1 aromatic heterocycles. The van der Waals surface area contributed by atoms with Gasteiger partial charge in [0.2, 0.25) is 0 Å². The molecule has 0 bridgehead atoms. The van der Waals surface area contributed by atoms with Gasteiger partial charge in [0.15, 0.2) is 0 Å². The van der Waals surface area contributed by atoms with Crippen LogP contribution in [0, 0.1) is 0 Å². The molecule has 0 aliphatic carbocycles. The van der Waals surface area contributed by atoms with Gasteiger partial charge in [-0.1, -0.05) is 6.58 Å². The van der Waals surface area contributed by atoms with Crippen LogP contribution >= 0.6 is 0 Å². The minimum absolute atomic E-state index is 0.0497. The van der Waals surface area contributed by atoms with E-state index in [1.807, 2.05) is 0 Å². The Hall–Kier alpha value is -2.24. The van der Waals surface area contributed by atoms with E-state index in [0.717, 1.165) is 12.1 Å². The summed E-state index contributed by atoms with van der Waals surface area (Å²) in [7, 11) is 0. The van der Waals surface area contributed by atoms with Gasteiger partial charge >= 0.3 is 6.18 Å². The highest BCUT2D eigenvalue weighted by atomic mass is 19.4. The Labute approximate surface area is 101 Å². The summed E-state index contributed by atoms with van der Waals surface area (Å²) in [5.74, 6) is 0. The quantitative estimate of drug-likeness (QED) is 0.836. The van der Waals surface area contributed by atoms with Gasteiger partial charge in [-0.25, -0.2) is 4.98 Å². The number of nitrogen functional groups attached to an aromatic ring is 1. The van der Waals surface area contributed by atoms with Crippen LogP contribution in [0.1, 0.15) is 11.3 Å². The molecule has 94 valence electrons. The summed E-state index contributed by atoms with van der Waals surface area (Å²) in [5, 5.41) is 0. The highest BCUT2D eigenvalue weighted by Gasteiger charge is 2.31. The molecule has 0 spiro atoms. The Kier molecular flexibility index (Phi) is 2.86. The first-order valence-electron chi connectivity index (χ1n) is 5.05. The number of benzene rings is 1. The van der Waals surface area contributed by atoms with E-state index >= 15 is 0 Å². The monoisotopic (exact) mass is 253 g/mol. The third-order valence-electron chi connectivity index (χ3n) is 2.38. The summed E-state index contributed by atoms with van der Waals surface area (Å²) >= 11 is 0. The Morgan fingerprint density at radius 2 is 2.00 bits per heavy atom. The molecule has 0 amide bonds. The van der Waals surface area contributed by atoms with Gasteiger partial charge in [0, 0.05) is 17.6 Å². The van der Waals surface area contributed by atoms with Crippen LogP contribution in [0.5, 0.6) is 0 Å². The minimum atomic E-state index is -4.42. The van der Waals surface area contributed by atoms with E-state index < -0.39 is 11.7 Å². The fraction of sp³-hybridized carbons (Fsp3) is 0.0833. The summed E-state index contributed by atoms with van der Waals surface area (Å²) in [6.07, 6.45) is 0.0628. The molecule has 2 rings (SSSR count). The molecule has 2 aromatic rings. The molecule has 0 aliphatic heterocycles. The number of alkyl halides is 3. The molecule has 1 heterocycles. The van der Waals surface area contributed by atoms with Crippen LogP contribution < -0.4 is 5.73 Å². The smallest absolute Gasteiger partial charge is 0.399 e. The second kappa shape index (κ2) is 4.21. The molecular formula is C12H10F3N3. The Morgan fingerprint density at radius 3 is 2.56 bits per heavy atom. The number of rotatable bonds is 2. The molecule has 0 aliphatic rings. The molecule has 0 fully saturated rings. The maximum Gasteiger partial charge on any atom is 0.416 e. The zero-order valence-corrected chi connectivity index (χ0v) is 9.28. The van der Waals surface area contributed by atoms with E-state index in [0.29, 0.717) is 11.4 Å². The molecule has 0 saturated carbocycles. The summed E-state index contributed by atoms with van der Waals surface area (Å²) in [4.78, 5) is 3.96. The van der Waals surface area contributed by atoms with Crippen LogP contribution in [0.3, 0.4) is 0 Å². The maximum atomic E-state index is 12.6. The van der Waals surface area contributed by atoms with Crippen molar-refractivity contribution in [2.75, 3.05) is 5.73 Å². The third kappa shape index (κ3) is 2.37. The van der Waals surface area contributed by atoms with Crippen LogP contribution in [-0.4, -0.2) is 9.55 Å². The SMILES string of the molecule is C=Cc1cn(-c2cc(N)cc(C(F)(F)F)c2)cn1. The lowest BCUT2D eigenvalue weighted by Gasteiger charge is -2.10. The average Bonchev–Trinajstić information content (AvgIpc) is 2.75. The van der Waals surface area contributed by atoms with Crippen molar-refractivity contribution in [1.29, 1.82) is 0 Å². The van der Waals surface area contributed by atoms with E-state index in [1.165, 1.54) is 23.0 Å². The summed E-state index contributed by atoms with van der Waals surface area (Å²) in [6, 6.07) is 3.36. The molecule has 1 aromatic carbocycles. The molecule has 3 nitrogen and oxygen atoms in total. The normalized spacial score (nSPS) is 11.5. The van der Waals surface area contributed by atoms with Gasteiger partial charge in [-0.2, -0.15) is 13.2 Å². The van der Waals surface area contributed by atoms with Crippen molar-refractivity contribution >= 4 is 11.8 Å². The van der Waals surface area contributed by atoms with Crippen molar-refractivity contribution in [2.45, 2.75) is 6.18 Å². The van der Waals surface area contributed by atoms with Crippen molar-refractivity contribution in [3.8, 4) is 5.69 Å². The van der Waals surface area contributed by atoms with Gasteiger partial charge < -0.3 is 10.3 Å². The Bertz CT molecular complexity index is 584. The van der Waals surface area contributed by atoms with Gasteiger partial charge in [0.05, 0.1) is 17.6 Å².